The Morgan fingerprint density at radius 1 is 1.30 bits per heavy atom. The number of benzene rings is 1. The van der Waals surface area contributed by atoms with Crippen molar-refractivity contribution >= 4 is 0 Å². The quantitative estimate of drug-likeness (QED) is 0.912. The highest BCUT2D eigenvalue weighted by Crippen LogP contribution is 2.19. The number of aromatic nitrogens is 3. The van der Waals surface area contributed by atoms with Gasteiger partial charge >= 0.3 is 0 Å². The summed E-state index contributed by atoms with van der Waals surface area (Å²) < 4.78 is 15.3. The summed E-state index contributed by atoms with van der Waals surface area (Å²) in [6, 6.07) is 4.70. The van der Waals surface area contributed by atoms with Crippen LogP contribution in [0.25, 0.3) is 5.69 Å². The van der Waals surface area contributed by atoms with Crippen LogP contribution in [0.15, 0.2) is 18.2 Å². The molecular weight excluding hydrogens is 255 g/mol. The van der Waals surface area contributed by atoms with Crippen molar-refractivity contribution in [3.8, 4) is 5.69 Å². The third-order valence-corrected chi connectivity index (χ3v) is 3.16. The Hall–Kier alpha value is -1.75. The lowest BCUT2D eigenvalue weighted by Crippen LogP contribution is -2.19. The summed E-state index contributed by atoms with van der Waals surface area (Å²) in [6.45, 7) is 5.97. The molecule has 20 heavy (non-hydrogen) atoms. The zero-order valence-corrected chi connectivity index (χ0v) is 12.2. The standard InChI is InChI=1S/C15H21FN4/c1-4-14-18-15(5-2)20(19-14)13-7-6-12(16)9-11(13)8-10(3)17/h6-7,9-10H,4-5,8,17H2,1-3H3. The lowest BCUT2D eigenvalue weighted by atomic mass is 10.1. The largest absolute Gasteiger partial charge is 0.328 e. The van der Waals surface area contributed by atoms with Crippen molar-refractivity contribution in [2.45, 2.75) is 46.1 Å². The topological polar surface area (TPSA) is 56.7 Å². The molecule has 2 N–H and O–H groups in total. The Morgan fingerprint density at radius 2 is 2.05 bits per heavy atom. The van der Waals surface area contributed by atoms with Crippen LogP contribution in [0.3, 0.4) is 0 Å². The molecule has 0 aliphatic carbocycles. The lowest BCUT2D eigenvalue weighted by molar-refractivity contribution is 0.620. The lowest BCUT2D eigenvalue weighted by Gasteiger charge is -2.13. The van der Waals surface area contributed by atoms with Gasteiger partial charge in [-0.05, 0) is 37.1 Å². The van der Waals surface area contributed by atoms with Gasteiger partial charge in [0, 0.05) is 18.9 Å². The van der Waals surface area contributed by atoms with E-state index in [1.165, 1.54) is 12.1 Å². The van der Waals surface area contributed by atoms with Gasteiger partial charge in [-0.1, -0.05) is 13.8 Å². The second-order valence-corrected chi connectivity index (χ2v) is 5.02. The van der Waals surface area contributed by atoms with Crippen molar-refractivity contribution in [1.29, 1.82) is 0 Å². The van der Waals surface area contributed by atoms with Gasteiger partial charge < -0.3 is 5.73 Å². The zero-order valence-electron chi connectivity index (χ0n) is 12.2. The number of halogens is 1. The third-order valence-electron chi connectivity index (χ3n) is 3.16. The average molecular weight is 276 g/mol. The van der Waals surface area contributed by atoms with Crippen LogP contribution in [0.5, 0.6) is 0 Å². The summed E-state index contributed by atoms with van der Waals surface area (Å²) in [5.74, 6) is 1.44. The minimum Gasteiger partial charge on any atom is -0.328 e. The van der Waals surface area contributed by atoms with Gasteiger partial charge in [-0.15, -0.1) is 0 Å². The van der Waals surface area contributed by atoms with Crippen molar-refractivity contribution in [2.24, 2.45) is 5.73 Å². The van der Waals surface area contributed by atoms with E-state index in [0.29, 0.717) is 6.42 Å². The van der Waals surface area contributed by atoms with Crippen LogP contribution >= 0.6 is 0 Å². The summed E-state index contributed by atoms with van der Waals surface area (Å²) in [6.07, 6.45) is 2.17. The van der Waals surface area contributed by atoms with Crippen LogP contribution in [0.1, 0.15) is 38.0 Å². The summed E-state index contributed by atoms with van der Waals surface area (Å²) >= 11 is 0. The van der Waals surface area contributed by atoms with E-state index in [0.717, 1.165) is 35.7 Å². The number of hydrogen-bond acceptors (Lipinski definition) is 3. The van der Waals surface area contributed by atoms with Gasteiger partial charge in [0.05, 0.1) is 5.69 Å². The van der Waals surface area contributed by atoms with Gasteiger partial charge in [-0.3, -0.25) is 0 Å². The molecule has 0 amide bonds. The molecule has 0 fully saturated rings. The van der Waals surface area contributed by atoms with Crippen molar-refractivity contribution < 1.29 is 4.39 Å². The Morgan fingerprint density at radius 3 is 2.65 bits per heavy atom. The van der Waals surface area contributed by atoms with E-state index < -0.39 is 0 Å². The highest BCUT2D eigenvalue weighted by Gasteiger charge is 2.14. The van der Waals surface area contributed by atoms with Crippen molar-refractivity contribution in [3.05, 3.63) is 41.2 Å². The SMILES string of the molecule is CCc1nc(CC)n(-c2ccc(F)cc2CC(C)N)n1. The maximum atomic E-state index is 13.5. The van der Waals surface area contributed by atoms with Crippen molar-refractivity contribution in [3.63, 3.8) is 0 Å². The van der Waals surface area contributed by atoms with Gasteiger partial charge in [0.1, 0.15) is 11.6 Å². The van der Waals surface area contributed by atoms with E-state index in [2.05, 4.69) is 10.1 Å². The maximum Gasteiger partial charge on any atom is 0.151 e. The number of hydrogen-bond donors (Lipinski definition) is 1. The second kappa shape index (κ2) is 6.13. The molecule has 0 spiro atoms. The predicted octanol–water partition coefficient (Wildman–Crippen LogP) is 2.42. The molecule has 2 rings (SSSR count). The van der Waals surface area contributed by atoms with E-state index in [1.807, 2.05) is 25.5 Å². The highest BCUT2D eigenvalue weighted by atomic mass is 19.1. The Balaban J connectivity index is 2.53. The molecular formula is C15H21FN4. The van der Waals surface area contributed by atoms with Gasteiger partial charge in [0.2, 0.25) is 0 Å². The van der Waals surface area contributed by atoms with Crippen LogP contribution in [-0.4, -0.2) is 20.8 Å². The monoisotopic (exact) mass is 276 g/mol. The van der Waals surface area contributed by atoms with Crippen LogP contribution in [-0.2, 0) is 19.3 Å². The summed E-state index contributed by atoms with van der Waals surface area (Å²) in [5, 5.41) is 4.51. The molecule has 0 aliphatic rings. The number of rotatable bonds is 5. The van der Waals surface area contributed by atoms with Crippen molar-refractivity contribution in [1.82, 2.24) is 14.8 Å². The van der Waals surface area contributed by atoms with Gasteiger partial charge in [-0.25, -0.2) is 14.1 Å². The molecule has 1 heterocycles. The third kappa shape index (κ3) is 3.04. The molecule has 4 nitrogen and oxygen atoms in total. The van der Waals surface area contributed by atoms with Gasteiger partial charge in [-0.2, -0.15) is 5.10 Å². The summed E-state index contributed by atoms with van der Waals surface area (Å²) in [5.41, 5.74) is 7.59. The fraction of sp³-hybridized carbons (Fsp3) is 0.467. The number of nitrogens with zero attached hydrogens (tertiary/aromatic N) is 3. The molecule has 2 aromatic rings. The Labute approximate surface area is 118 Å². The smallest absolute Gasteiger partial charge is 0.151 e. The van der Waals surface area contributed by atoms with E-state index in [4.69, 9.17) is 5.73 Å². The highest BCUT2D eigenvalue weighted by molar-refractivity contribution is 5.42. The van der Waals surface area contributed by atoms with E-state index in [1.54, 1.807) is 6.07 Å². The molecule has 1 aromatic carbocycles. The van der Waals surface area contributed by atoms with Crippen LogP contribution in [0.4, 0.5) is 4.39 Å². The predicted molar refractivity (Wildman–Crippen MR) is 77.4 cm³/mol. The number of aryl methyl sites for hydroxylation is 2. The average Bonchev–Trinajstić information content (AvgIpc) is 2.81. The van der Waals surface area contributed by atoms with Gasteiger partial charge in [0.25, 0.3) is 0 Å². The fourth-order valence-electron chi connectivity index (χ4n) is 2.23. The zero-order chi connectivity index (χ0) is 14.7. The van der Waals surface area contributed by atoms with Crippen molar-refractivity contribution in [2.75, 3.05) is 0 Å². The first-order valence-electron chi connectivity index (χ1n) is 7.04. The molecule has 1 aromatic heterocycles. The number of nitrogens with two attached hydrogens (primary N) is 1. The Kier molecular flexibility index (Phi) is 4.49. The maximum absolute atomic E-state index is 13.5. The van der Waals surface area contributed by atoms with E-state index in [-0.39, 0.29) is 11.9 Å². The van der Waals surface area contributed by atoms with Crippen LogP contribution < -0.4 is 5.73 Å². The molecule has 1 unspecified atom stereocenters. The van der Waals surface area contributed by atoms with Crippen LogP contribution in [0.2, 0.25) is 0 Å². The molecule has 0 aliphatic heterocycles. The molecule has 5 heteroatoms. The van der Waals surface area contributed by atoms with E-state index in [9.17, 15) is 4.39 Å². The molecule has 0 radical (unpaired) electrons. The minimum absolute atomic E-state index is 0.0326. The second-order valence-electron chi connectivity index (χ2n) is 5.02. The first-order chi connectivity index (χ1) is 9.55. The molecule has 0 bridgehead atoms. The van der Waals surface area contributed by atoms with Crippen LogP contribution in [0, 0.1) is 5.82 Å². The normalized spacial score (nSPS) is 12.7. The van der Waals surface area contributed by atoms with E-state index >= 15 is 0 Å². The molecule has 0 saturated carbocycles. The molecule has 1 atom stereocenters. The molecule has 108 valence electrons. The first-order valence-corrected chi connectivity index (χ1v) is 7.04. The first kappa shape index (κ1) is 14.7. The fourth-order valence-corrected chi connectivity index (χ4v) is 2.23. The van der Waals surface area contributed by atoms with Gasteiger partial charge in [0.15, 0.2) is 5.82 Å². The molecule has 0 saturated heterocycles. The Bertz CT molecular complexity index is 590. The summed E-state index contributed by atoms with van der Waals surface area (Å²) in [4.78, 5) is 4.49. The summed E-state index contributed by atoms with van der Waals surface area (Å²) in [7, 11) is 0. The minimum atomic E-state index is -0.252.